The lowest BCUT2D eigenvalue weighted by atomic mass is 9.80. The Labute approximate surface area is 116 Å². The molecule has 0 nitrogen and oxygen atoms in total. The second-order valence-corrected chi connectivity index (χ2v) is 5.79. The molecule has 0 heteroatoms. The van der Waals surface area contributed by atoms with Gasteiger partial charge < -0.3 is 0 Å². The molecule has 1 radical (unpaired) electrons. The van der Waals surface area contributed by atoms with E-state index in [1.165, 1.54) is 42.9 Å². The summed E-state index contributed by atoms with van der Waals surface area (Å²) in [6, 6.07) is 13.5. The lowest BCUT2D eigenvalue weighted by molar-refractivity contribution is 0.442. The molecule has 1 fully saturated rings. The Balaban J connectivity index is 2.09. The van der Waals surface area contributed by atoms with Crippen LogP contribution in [0, 0.1) is 6.92 Å². The largest absolute Gasteiger partial charge is 0.0616 e. The quantitative estimate of drug-likeness (QED) is 0.661. The van der Waals surface area contributed by atoms with Crippen molar-refractivity contribution in [1.29, 1.82) is 0 Å². The molecule has 0 heterocycles. The molecule has 1 aliphatic carbocycles. The highest BCUT2D eigenvalue weighted by molar-refractivity contribution is 5.87. The molecule has 0 aromatic heterocycles. The number of fused-ring (bicyclic) bond motifs is 1. The molecule has 0 bridgehead atoms. The van der Waals surface area contributed by atoms with Gasteiger partial charge in [-0.15, -0.1) is 0 Å². The molecular formula is C19H23. The average Bonchev–Trinajstić information content (AvgIpc) is 2.49. The zero-order valence-corrected chi connectivity index (χ0v) is 11.7. The van der Waals surface area contributed by atoms with Crippen LogP contribution in [-0.2, 0) is 6.42 Å². The third-order valence-corrected chi connectivity index (χ3v) is 4.55. The highest BCUT2D eigenvalue weighted by atomic mass is 14.2. The number of benzene rings is 2. The third kappa shape index (κ3) is 2.54. The van der Waals surface area contributed by atoms with E-state index in [4.69, 9.17) is 0 Å². The molecular weight excluding hydrogens is 228 g/mol. The van der Waals surface area contributed by atoms with Gasteiger partial charge in [0, 0.05) is 0 Å². The van der Waals surface area contributed by atoms with E-state index in [0.29, 0.717) is 0 Å². The Kier molecular flexibility index (Phi) is 3.87. The Bertz CT molecular complexity index is 547. The van der Waals surface area contributed by atoms with Crippen molar-refractivity contribution < 1.29 is 0 Å². The van der Waals surface area contributed by atoms with Gasteiger partial charge in [0.2, 0.25) is 0 Å². The fourth-order valence-electron chi connectivity index (χ4n) is 3.60. The molecule has 0 spiro atoms. The molecule has 0 saturated heterocycles. The fourth-order valence-corrected chi connectivity index (χ4v) is 3.60. The maximum Gasteiger partial charge on any atom is -0.0149 e. The van der Waals surface area contributed by atoms with Gasteiger partial charge in [0.15, 0.2) is 0 Å². The summed E-state index contributed by atoms with van der Waals surface area (Å²) in [4.78, 5) is 0. The maximum atomic E-state index is 4.07. The number of rotatable bonds is 3. The summed E-state index contributed by atoms with van der Waals surface area (Å²) in [7, 11) is 0. The highest BCUT2D eigenvalue weighted by Gasteiger charge is 2.19. The van der Waals surface area contributed by atoms with Gasteiger partial charge in [-0.25, -0.2) is 0 Å². The molecule has 0 aliphatic heterocycles. The Morgan fingerprint density at radius 2 is 1.74 bits per heavy atom. The van der Waals surface area contributed by atoms with Crippen molar-refractivity contribution >= 4 is 10.8 Å². The highest BCUT2D eigenvalue weighted by Crippen LogP contribution is 2.37. The predicted octanol–water partition coefficient (Wildman–Crippen LogP) is 5.65. The Hall–Kier alpha value is -1.30. The normalized spacial score (nSPS) is 16.9. The van der Waals surface area contributed by atoms with Gasteiger partial charge in [-0.2, -0.15) is 0 Å². The molecule has 2 aromatic carbocycles. The summed E-state index contributed by atoms with van der Waals surface area (Å²) in [6.07, 6.45) is 9.10. The number of hydrogen-bond acceptors (Lipinski definition) is 0. The van der Waals surface area contributed by atoms with Crippen LogP contribution in [0.5, 0.6) is 0 Å². The summed E-state index contributed by atoms with van der Waals surface area (Å²) in [5, 5.41) is 2.83. The molecule has 2 aromatic rings. The van der Waals surface area contributed by atoms with E-state index in [9.17, 15) is 0 Å². The van der Waals surface area contributed by atoms with E-state index < -0.39 is 0 Å². The molecule has 1 aliphatic rings. The standard InChI is InChI=1S/C19H23/c1-2-8-19-17-12-7-6-11-16(17)13-14-18(19)15-9-4-3-5-10-15/h6-7,11-15H,1-5,8-10H2. The molecule has 0 N–H and O–H groups in total. The first kappa shape index (κ1) is 12.7. The average molecular weight is 251 g/mol. The SMILES string of the molecule is [CH2]CCc1c(C2CCCCC2)ccc2ccccc12. The second-order valence-electron chi connectivity index (χ2n) is 5.79. The summed E-state index contributed by atoms with van der Waals surface area (Å²) in [6.45, 7) is 4.07. The minimum Gasteiger partial charge on any atom is -0.0616 e. The van der Waals surface area contributed by atoms with Gasteiger partial charge >= 0.3 is 0 Å². The molecule has 1 saturated carbocycles. The van der Waals surface area contributed by atoms with Gasteiger partial charge in [-0.3, -0.25) is 0 Å². The predicted molar refractivity (Wildman–Crippen MR) is 83.5 cm³/mol. The van der Waals surface area contributed by atoms with Crippen LogP contribution in [0.25, 0.3) is 10.8 Å². The van der Waals surface area contributed by atoms with Gasteiger partial charge in [-0.05, 0) is 53.5 Å². The topological polar surface area (TPSA) is 0 Å². The van der Waals surface area contributed by atoms with Crippen molar-refractivity contribution in [2.45, 2.75) is 50.9 Å². The van der Waals surface area contributed by atoms with Gasteiger partial charge in [-0.1, -0.05) is 62.6 Å². The first-order valence-corrected chi connectivity index (χ1v) is 7.70. The summed E-state index contributed by atoms with van der Waals surface area (Å²) in [5.74, 6) is 0.792. The second kappa shape index (κ2) is 5.77. The van der Waals surface area contributed by atoms with Crippen LogP contribution in [-0.4, -0.2) is 0 Å². The van der Waals surface area contributed by atoms with E-state index in [2.05, 4.69) is 43.3 Å². The lowest BCUT2D eigenvalue weighted by Gasteiger charge is -2.25. The molecule has 0 unspecified atom stereocenters. The van der Waals surface area contributed by atoms with E-state index in [1.54, 1.807) is 11.1 Å². The Morgan fingerprint density at radius 3 is 2.53 bits per heavy atom. The van der Waals surface area contributed by atoms with Crippen molar-refractivity contribution in [3.05, 3.63) is 54.4 Å². The fraction of sp³-hybridized carbons (Fsp3) is 0.421. The van der Waals surface area contributed by atoms with E-state index in [0.717, 1.165) is 18.8 Å². The lowest BCUT2D eigenvalue weighted by Crippen LogP contribution is -2.08. The van der Waals surface area contributed by atoms with Gasteiger partial charge in [0.05, 0.1) is 0 Å². The summed E-state index contributed by atoms with van der Waals surface area (Å²) in [5.41, 5.74) is 3.18. The first-order valence-electron chi connectivity index (χ1n) is 7.70. The Morgan fingerprint density at radius 1 is 0.947 bits per heavy atom. The first-order chi connectivity index (χ1) is 9.40. The smallest absolute Gasteiger partial charge is 0.0149 e. The zero-order chi connectivity index (χ0) is 13.1. The third-order valence-electron chi connectivity index (χ3n) is 4.55. The van der Waals surface area contributed by atoms with Gasteiger partial charge in [0.25, 0.3) is 0 Å². The molecule has 99 valence electrons. The molecule has 0 atom stereocenters. The number of hydrogen-bond donors (Lipinski definition) is 0. The summed E-state index contributed by atoms with van der Waals surface area (Å²) >= 11 is 0. The summed E-state index contributed by atoms with van der Waals surface area (Å²) < 4.78 is 0. The van der Waals surface area contributed by atoms with Crippen molar-refractivity contribution in [3.63, 3.8) is 0 Å². The minimum atomic E-state index is 0.792. The van der Waals surface area contributed by atoms with Crippen LogP contribution >= 0.6 is 0 Å². The van der Waals surface area contributed by atoms with Crippen LogP contribution in [0.15, 0.2) is 36.4 Å². The monoisotopic (exact) mass is 251 g/mol. The molecule has 0 amide bonds. The van der Waals surface area contributed by atoms with E-state index in [-0.39, 0.29) is 0 Å². The van der Waals surface area contributed by atoms with Crippen molar-refractivity contribution in [1.82, 2.24) is 0 Å². The van der Waals surface area contributed by atoms with E-state index in [1.807, 2.05) is 0 Å². The molecule has 19 heavy (non-hydrogen) atoms. The van der Waals surface area contributed by atoms with Crippen LogP contribution in [0.3, 0.4) is 0 Å². The number of aryl methyl sites for hydroxylation is 1. The zero-order valence-electron chi connectivity index (χ0n) is 11.7. The van der Waals surface area contributed by atoms with E-state index >= 15 is 0 Å². The minimum absolute atomic E-state index is 0.792. The van der Waals surface area contributed by atoms with Crippen molar-refractivity contribution in [2.75, 3.05) is 0 Å². The van der Waals surface area contributed by atoms with Crippen LogP contribution in [0.1, 0.15) is 55.6 Å². The molecule has 3 rings (SSSR count). The van der Waals surface area contributed by atoms with Crippen LogP contribution in [0.4, 0.5) is 0 Å². The van der Waals surface area contributed by atoms with Crippen molar-refractivity contribution in [3.8, 4) is 0 Å². The van der Waals surface area contributed by atoms with Crippen LogP contribution in [0.2, 0.25) is 0 Å². The maximum absolute atomic E-state index is 4.07. The van der Waals surface area contributed by atoms with Crippen molar-refractivity contribution in [2.24, 2.45) is 0 Å². The van der Waals surface area contributed by atoms with Crippen LogP contribution < -0.4 is 0 Å². The van der Waals surface area contributed by atoms with Gasteiger partial charge in [0.1, 0.15) is 0 Å².